The highest BCUT2D eigenvalue weighted by molar-refractivity contribution is 6.28. The molecule has 7 nitrogen and oxygen atoms in total. The molecular formula is C26H23N3O4. The summed E-state index contributed by atoms with van der Waals surface area (Å²) in [6, 6.07) is 19.1. The topological polar surface area (TPSA) is 96.0 Å². The fourth-order valence-corrected chi connectivity index (χ4v) is 3.89. The predicted molar refractivity (Wildman–Crippen MR) is 128 cm³/mol. The molecule has 1 aliphatic heterocycles. The Kier molecular flexibility index (Phi) is 5.79. The van der Waals surface area contributed by atoms with Crippen molar-refractivity contribution >= 4 is 29.2 Å². The molecule has 0 saturated heterocycles. The number of aryl methyl sites for hydroxylation is 1. The third-order valence-corrected chi connectivity index (χ3v) is 5.55. The van der Waals surface area contributed by atoms with Crippen LogP contribution in [-0.2, 0) is 4.79 Å². The van der Waals surface area contributed by atoms with Gasteiger partial charge in [0, 0.05) is 11.6 Å². The molecule has 0 atom stereocenters. The number of carbonyl (C=O) groups excluding carboxylic acids is 1. The van der Waals surface area contributed by atoms with E-state index in [1.54, 1.807) is 29.2 Å². The van der Waals surface area contributed by atoms with E-state index in [0.29, 0.717) is 17.1 Å². The van der Waals surface area contributed by atoms with Crippen LogP contribution in [0.4, 0.5) is 11.4 Å². The second-order valence-electron chi connectivity index (χ2n) is 8.14. The first-order valence-electron chi connectivity index (χ1n) is 10.5. The number of nitrogens with zero attached hydrogens (tertiary/aromatic N) is 3. The lowest BCUT2D eigenvalue weighted by atomic mass is 9.98. The normalized spacial score (nSPS) is 14.8. The second kappa shape index (κ2) is 8.70. The summed E-state index contributed by atoms with van der Waals surface area (Å²) in [6.07, 6.45) is 1.50. The minimum absolute atomic E-state index is 0.0439. The van der Waals surface area contributed by atoms with Gasteiger partial charge in [0.05, 0.1) is 16.2 Å². The largest absolute Gasteiger partial charge is 0.508 e. The maximum Gasteiger partial charge on any atom is 0.296 e. The van der Waals surface area contributed by atoms with Gasteiger partial charge in [-0.25, -0.2) is 0 Å². The average Bonchev–Trinajstić information content (AvgIpc) is 3.10. The number of aliphatic imine (C=N–C) groups is 1. The SMILES string of the molecule is Cc1cc(O)c(C(C)C)cc1N1C(c2ccccc2)=NC(=O)/C1=C/c1ccccc1[N+](=O)[O-]. The molecule has 1 aliphatic rings. The molecule has 166 valence electrons. The van der Waals surface area contributed by atoms with Gasteiger partial charge in [-0.3, -0.25) is 19.8 Å². The molecule has 1 amide bonds. The van der Waals surface area contributed by atoms with E-state index in [4.69, 9.17) is 0 Å². The number of nitro groups is 1. The molecule has 1 heterocycles. The molecule has 0 radical (unpaired) electrons. The molecule has 33 heavy (non-hydrogen) atoms. The van der Waals surface area contributed by atoms with Crippen molar-refractivity contribution in [3.8, 4) is 5.75 Å². The highest BCUT2D eigenvalue weighted by Crippen LogP contribution is 2.38. The van der Waals surface area contributed by atoms with Gasteiger partial charge in [0.1, 0.15) is 17.3 Å². The number of benzene rings is 3. The summed E-state index contributed by atoms with van der Waals surface area (Å²) in [5.41, 5.74) is 3.28. The highest BCUT2D eigenvalue weighted by atomic mass is 16.6. The molecule has 0 unspecified atom stereocenters. The van der Waals surface area contributed by atoms with E-state index in [9.17, 15) is 20.0 Å². The van der Waals surface area contributed by atoms with Crippen LogP contribution in [0.2, 0.25) is 0 Å². The standard InChI is InChI=1S/C26H23N3O4/c1-16(2)20-15-22(17(3)13-24(20)30)28-23(14-19-11-7-8-12-21(19)29(32)33)26(31)27-25(28)18-9-5-4-6-10-18/h4-16,30H,1-3H3/b23-14-. The molecule has 0 aliphatic carbocycles. The van der Waals surface area contributed by atoms with Crippen LogP contribution in [0.5, 0.6) is 5.75 Å². The quantitative estimate of drug-likeness (QED) is 0.317. The van der Waals surface area contributed by atoms with Gasteiger partial charge >= 0.3 is 0 Å². The van der Waals surface area contributed by atoms with Crippen molar-refractivity contribution in [3.05, 3.63) is 105 Å². The molecule has 0 spiro atoms. The first-order valence-corrected chi connectivity index (χ1v) is 10.5. The Bertz CT molecular complexity index is 1310. The minimum atomic E-state index is -0.495. The van der Waals surface area contributed by atoms with E-state index in [1.807, 2.05) is 57.2 Å². The first-order chi connectivity index (χ1) is 15.8. The summed E-state index contributed by atoms with van der Waals surface area (Å²) in [6.45, 7) is 5.78. The van der Waals surface area contributed by atoms with Gasteiger partial charge in [-0.05, 0) is 48.2 Å². The summed E-state index contributed by atoms with van der Waals surface area (Å²) < 4.78 is 0. The molecule has 1 N–H and O–H groups in total. The van der Waals surface area contributed by atoms with Gasteiger partial charge in [0.25, 0.3) is 11.6 Å². The molecular weight excluding hydrogens is 418 g/mol. The number of carbonyl (C=O) groups is 1. The van der Waals surface area contributed by atoms with Crippen LogP contribution in [-0.4, -0.2) is 21.8 Å². The molecule has 0 bridgehead atoms. The number of anilines is 1. The van der Waals surface area contributed by atoms with Gasteiger partial charge in [0.15, 0.2) is 0 Å². The predicted octanol–water partition coefficient (Wildman–Crippen LogP) is 5.57. The molecule has 0 saturated carbocycles. The number of para-hydroxylation sites is 1. The number of rotatable bonds is 5. The van der Waals surface area contributed by atoms with E-state index in [2.05, 4.69) is 4.99 Å². The molecule has 3 aromatic rings. The van der Waals surface area contributed by atoms with E-state index in [-0.39, 0.29) is 23.1 Å². The van der Waals surface area contributed by atoms with Crippen LogP contribution in [0, 0.1) is 17.0 Å². The van der Waals surface area contributed by atoms with E-state index in [0.717, 1.165) is 16.7 Å². The number of hydrogen-bond donors (Lipinski definition) is 1. The number of nitro benzene ring substituents is 1. The average molecular weight is 441 g/mol. The minimum Gasteiger partial charge on any atom is -0.508 e. The second-order valence-corrected chi connectivity index (χ2v) is 8.14. The first kappa shape index (κ1) is 22.0. The fourth-order valence-electron chi connectivity index (χ4n) is 3.89. The van der Waals surface area contributed by atoms with Crippen LogP contribution in [0.25, 0.3) is 6.08 Å². The summed E-state index contributed by atoms with van der Waals surface area (Å²) in [5.74, 6) is 0.154. The van der Waals surface area contributed by atoms with Gasteiger partial charge in [-0.15, -0.1) is 0 Å². The third kappa shape index (κ3) is 4.13. The van der Waals surface area contributed by atoms with Crippen molar-refractivity contribution < 1.29 is 14.8 Å². The van der Waals surface area contributed by atoms with E-state index < -0.39 is 10.8 Å². The Balaban J connectivity index is 1.96. The van der Waals surface area contributed by atoms with Crippen molar-refractivity contribution in [1.29, 1.82) is 0 Å². The summed E-state index contributed by atoms with van der Waals surface area (Å²) >= 11 is 0. The number of phenolic OH excluding ortho intramolecular Hbond substituents is 1. The molecule has 0 fully saturated rings. The molecule has 3 aromatic carbocycles. The highest BCUT2D eigenvalue weighted by Gasteiger charge is 2.34. The maximum atomic E-state index is 13.1. The van der Waals surface area contributed by atoms with Crippen molar-refractivity contribution in [2.75, 3.05) is 4.90 Å². The Morgan fingerprint density at radius 3 is 2.39 bits per heavy atom. The lowest BCUT2D eigenvalue weighted by Crippen LogP contribution is -2.28. The number of aromatic hydroxyl groups is 1. The van der Waals surface area contributed by atoms with Gasteiger partial charge in [-0.1, -0.05) is 56.3 Å². The van der Waals surface area contributed by atoms with Crippen LogP contribution in [0.15, 0.2) is 77.4 Å². The number of amides is 1. The van der Waals surface area contributed by atoms with Crippen molar-refractivity contribution in [3.63, 3.8) is 0 Å². The van der Waals surface area contributed by atoms with Gasteiger partial charge in [-0.2, -0.15) is 4.99 Å². The smallest absolute Gasteiger partial charge is 0.296 e. The Hall–Kier alpha value is -4.26. The zero-order chi connectivity index (χ0) is 23.7. The Labute approximate surface area is 191 Å². The third-order valence-electron chi connectivity index (χ3n) is 5.55. The Morgan fingerprint density at radius 1 is 1.06 bits per heavy atom. The van der Waals surface area contributed by atoms with Gasteiger partial charge in [0.2, 0.25) is 0 Å². The van der Waals surface area contributed by atoms with E-state index >= 15 is 0 Å². The van der Waals surface area contributed by atoms with Crippen LogP contribution < -0.4 is 4.90 Å². The monoisotopic (exact) mass is 441 g/mol. The van der Waals surface area contributed by atoms with Crippen LogP contribution >= 0.6 is 0 Å². The molecule has 0 aromatic heterocycles. The Morgan fingerprint density at radius 2 is 1.73 bits per heavy atom. The lowest BCUT2D eigenvalue weighted by molar-refractivity contribution is -0.385. The number of amidine groups is 1. The maximum absolute atomic E-state index is 13.1. The molecule has 4 rings (SSSR count). The number of phenols is 1. The van der Waals surface area contributed by atoms with Crippen molar-refractivity contribution in [2.24, 2.45) is 4.99 Å². The summed E-state index contributed by atoms with van der Waals surface area (Å²) in [4.78, 5) is 30.2. The molecule has 7 heteroatoms. The van der Waals surface area contributed by atoms with Crippen molar-refractivity contribution in [2.45, 2.75) is 26.7 Å². The van der Waals surface area contributed by atoms with Crippen LogP contribution in [0.1, 0.15) is 42.0 Å². The van der Waals surface area contributed by atoms with Crippen LogP contribution in [0.3, 0.4) is 0 Å². The zero-order valence-electron chi connectivity index (χ0n) is 18.5. The number of hydrogen-bond acceptors (Lipinski definition) is 5. The summed E-state index contributed by atoms with van der Waals surface area (Å²) in [5, 5.41) is 22.0. The zero-order valence-corrected chi connectivity index (χ0v) is 18.5. The van der Waals surface area contributed by atoms with Gasteiger partial charge < -0.3 is 5.11 Å². The van der Waals surface area contributed by atoms with Crippen molar-refractivity contribution in [1.82, 2.24) is 0 Å². The lowest BCUT2D eigenvalue weighted by Gasteiger charge is -2.25. The summed E-state index contributed by atoms with van der Waals surface area (Å²) in [7, 11) is 0. The van der Waals surface area contributed by atoms with E-state index in [1.165, 1.54) is 12.1 Å². The fraction of sp³-hybridized carbons (Fsp3) is 0.154.